The molecule has 2 aliphatic heterocycles. The van der Waals surface area contributed by atoms with Crippen LogP contribution in [0.3, 0.4) is 0 Å². The largest absolute Gasteiger partial charge is 0.484 e. The molecular formula is C20H33N3O3S. The summed E-state index contributed by atoms with van der Waals surface area (Å²) in [4.78, 5) is 23.3. The monoisotopic (exact) mass is 395 g/mol. The summed E-state index contributed by atoms with van der Waals surface area (Å²) >= 11 is 1.74. The third kappa shape index (κ3) is 5.83. The minimum absolute atomic E-state index is 0.257. The van der Waals surface area contributed by atoms with E-state index in [1.165, 1.54) is 42.8 Å². The van der Waals surface area contributed by atoms with Crippen molar-refractivity contribution in [1.82, 2.24) is 14.9 Å². The van der Waals surface area contributed by atoms with Crippen LogP contribution in [0.25, 0.3) is 0 Å². The molecule has 0 saturated carbocycles. The van der Waals surface area contributed by atoms with Crippen molar-refractivity contribution in [1.29, 1.82) is 0 Å². The van der Waals surface area contributed by atoms with Crippen LogP contribution < -0.4 is 4.74 Å². The first-order chi connectivity index (χ1) is 13.2. The third-order valence-electron chi connectivity index (χ3n) is 5.35. The predicted molar refractivity (Wildman–Crippen MR) is 108 cm³/mol. The molecule has 0 spiro atoms. The Morgan fingerprint density at radius 1 is 1.19 bits per heavy atom. The molecule has 0 bridgehead atoms. The molecule has 27 heavy (non-hydrogen) atoms. The van der Waals surface area contributed by atoms with Gasteiger partial charge in [-0.3, -0.25) is 0 Å². The fraction of sp³-hybridized carbons (Fsp3) is 0.750. The van der Waals surface area contributed by atoms with Gasteiger partial charge in [0.15, 0.2) is 5.06 Å². The summed E-state index contributed by atoms with van der Waals surface area (Å²) in [5.74, 6) is 0. The second-order valence-electron chi connectivity index (χ2n) is 7.26. The number of rotatable bonds is 8. The van der Waals surface area contributed by atoms with Gasteiger partial charge in [-0.25, -0.2) is 4.79 Å². The maximum absolute atomic E-state index is 12.1. The Labute approximate surface area is 167 Å². The topological polar surface area (TPSA) is 45.3 Å². The smallest absolute Gasteiger partial charge is 0.428 e. The molecule has 3 rings (SSSR count). The number of likely N-dealkylation sites (tertiary alicyclic amines) is 1. The van der Waals surface area contributed by atoms with Crippen molar-refractivity contribution in [3.05, 3.63) is 16.5 Å². The Kier molecular flexibility index (Phi) is 7.79. The molecule has 1 saturated heterocycles. The van der Waals surface area contributed by atoms with Crippen molar-refractivity contribution in [2.45, 2.75) is 52.5 Å². The van der Waals surface area contributed by atoms with Gasteiger partial charge in [0.25, 0.3) is 0 Å². The molecule has 7 heteroatoms. The lowest BCUT2D eigenvalue weighted by Gasteiger charge is -2.27. The van der Waals surface area contributed by atoms with Crippen molar-refractivity contribution in [3.63, 3.8) is 0 Å². The Balaban J connectivity index is 1.42. The summed E-state index contributed by atoms with van der Waals surface area (Å²) in [6.07, 6.45) is 5.79. The van der Waals surface area contributed by atoms with Crippen LogP contribution in [0, 0.1) is 0 Å². The van der Waals surface area contributed by atoms with E-state index in [1.54, 1.807) is 21.3 Å². The lowest BCUT2D eigenvalue weighted by atomic mass is 10.1. The van der Waals surface area contributed by atoms with Crippen LogP contribution in [-0.4, -0.2) is 66.8 Å². The zero-order valence-electron chi connectivity index (χ0n) is 16.7. The Morgan fingerprint density at radius 3 is 2.70 bits per heavy atom. The van der Waals surface area contributed by atoms with E-state index in [1.807, 2.05) is 13.8 Å². The van der Waals surface area contributed by atoms with Crippen molar-refractivity contribution >= 4 is 17.4 Å². The summed E-state index contributed by atoms with van der Waals surface area (Å²) in [7, 11) is 0. The highest BCUT2D eigenvalue weighted by atomic mass is 32.1. The molecule has 0 unspecified atom stereocenters. The van der Waals surface area contributed by atoms with Gasteiger partial charge in [0.1, 0.15) is 0 Å². The van der Waals surface area contributed by atoms with Gasteiger partial charge in [-0.2, -0.15) is 0 Å². The summed E-state index contributed by atoms with van der Waals surface area (Å²) in [5, 5.41) is 2.77. The van der Waals surface area contributed by atoms with Crippen LogP contribution >= 0.6 is 11.3 Å². The SMILES string of the molecule is CCN(CC)C(=O)ON1CCc2sc(OCCCN3CCCCC3)cc2C1. The molecule has 0 N–H and O–H groups in total. The first kappa shape index (κ1) is 20.4. The van der Waals surface area contributed by atoms with Gasteiger partial charge in [-0.15, -0.1) is 16.4 Å². The molecule has 1 aromatic heterocycles. The third-order valence-corrected chi connectivity index (χ3v) is 6.50. The van der Waals surface area contributed by atoms with Gasteiger partial charge >= 0.3 is 6.09 Å². The zero-order valence-corrected chi connectivity index (χ0v) is 17.6. The molecular weight excluding hydrogens is 362 g/mol. The van der Waals surface area contributed by atoms with Gasteiger partial charge < -0.3 is 19.4 Å². The van der Waals surface area contributed by atoms with Gasteiger partial charge in [0.05, 0.1) is 13.2 Å². The van der Waals surface area contributed by atoms with Crippen molar-refractivity contribution < 1.29 is 14.4 Å². The Hall–Kier alpha value is -1.31. The second kappa shape index (κ2) is 10.3. The highest BCUT2D eigenvalue weighted by Gasteiger charge is 2.24. The normalized spacial score (nSPS) is 18.1. The van der Waals surface area contributed by atoms with E-state index >= 15 is 0 Å². The Bertz CT molecular complexity index is 597. The molecule has 0 aliphatic carbocycles. The molecule has 1 amide bonds. The maximum atomic E-state index is 12.1. The number of nitrogens with zero attached hydrogens (tertiary/aromatic N) is 3. The molecule has 0 atom stereocenters. The summed E-state index contributed by atoms with van der Waals surface area (Å²) in [6, 6.07) is 2.12. The average molecular weight is 396 g/mol. The molecule has 2 aliphatic rings. The number of hydrogen-bond donors (Lipinski definition) is 0. The molecule has 6 nitrogen and oxygen atoms in total. The van der Waals surface area contributed by atoms with Crippen molar-refractivity contribution in [2.24, 2.45) is 0 Å². The van der Waals surface area contributed by atoms with E-state index in [9.17, 15) is 4.79 Å². The van der Waals surface area contributed by atoms with Crippen LogP contribution in [0.15, 0.2) is 6.07 Å². The number of hydrogen-bond acceptors (Lipinski definition) is 6. The van der Waals surface area contributed by atoms with Crippen LogP contribution in [0.4, 0.5) is 4.79 Å². The van der Waals surface area contributed by atoms with Crippen LogP contribution in [0.1, 0.15) is 50.0 Å². The van der Waals surface area contributed by atoms with E-state index in [2.05, 4.69) is 11.0 Å². The fourth-order valence-corrected chi connectivity index (χ4v) is 4.76. The van der Waals surface area contributed by atoms with E-state index in [4.69, 9.17) is 9.57 Å². The van der Waals surface area contributed by atoms with E-state index < -0.39 is 0 Å². The summed E-state index contributed by atoms with van der Waals surface area (Å²) < 4.78 is 6.00. The Morgan fingerprint density at radius 2 is 1.96 bits per heavy atom. The number of carbonyl (C=O) groups is 1. The maximum Gasteiger partial charge on any atom is 0.428 e. The van der Waals surface area contributed by atoms with Gasteiger partial charge in [0, 0.05) is 31.1 Å². The quantitative estimate of drug-likeness (QED) is 0.627. The minimum atomic E-state index is -0.257. The lowest BCUT2D eigenvalue weighted by molar-refractivity contribution is -0.122. The van der Waals surface area contributed by atoms with Crippen LogP contribution in [0.5, 0.6) is 5.06 Å². The average Bonchev–Trinajstić information content (AvgIpc) is 3.09. The number of ether oxygens (including phenoxy) is 1. The highest BCUT2D eigenvalue weighted by Crippen LogP contribution is 2.33. The molecule has 3 heterocycles. The minimum Gasteiger partial charge on any atom is -0.484 e. The lowest BCUT2D eigenvalue weighted by Crippen LogP contribution is -2.39. The second-order valence-corrected chi connectivity index (χ2v) is 8.36. The van der Waals surface area contributed by atoms with E-state index in [-0.39, 0.29) is 6.09 Å². The van der Waals surface area contributed by atoms with Gasteiger partial charge in [0.2, 0.25) is 0 Å². The van der Waals surface area contributed by atoms with E-state index in [0.717, 1.165) is 37.6 Å². The number of piperidine rings is 1. The first-order valence-corrected chi connectivity index (χ1v) is 11.2. The molecule has 1 fully saturated rings. The van der Waals surface area contributed by atoms with Crippen LogP contribution in [0.2, 0.25) is 0 Å². The molecule has 0 radical (unpaired) electrons. The number of carbonyl (C=O) groups excluding carboxylic acids is 1. The molecule has 1 aromatic rings. The van der Waals surface area contributed by atoms with Crippen molar-refractivity contribution in [3.8, 4) is 5.06 Å². The summed E-state index contributed by atoms with van der Waals surface area (Å²) in [5.41, 5.74) is 1.23. The summed E-state index contributed by atoms with van der Waals surface area (Å²) in [6.45, 7) is 11.1. The zero-order chi connectivity index (χ0) is 19.1. The molecule has 152 valence electrons. The van der Waals surface area contributed by atoms with Gasteiger partial charge in [-0.1, -0.05) is 6.42 Å². The number of amides is 1. The number of hydroxylamine groups is 2. The number of fused-ring (bicyclic) bond motifs is 1. The first-order valence-electron chi connectivity index (χ1n) is 10.4. The number of thiophene rings is 1. The fourth-order valence-electron chi connectivity index (χ4n) is 3.72. The standard InChI is InChI=1S/C20H33N3O3S/c1-3-22(4-2)20(24)26-23-13-9-18-17(16-23)15-19(27-18)25-14-8-12-21-10-6-5-7-11-21/h15H,3-14,16H2,1-2H3. The highest BCUT2D eigenvalue weighted by molar-refractivity contribution is 7.14. The molecule has 0 aromatic carbocycles. The van der Waals surface area contributed by atoms with Gasteiger partial charge in [-0.05, 0) is 64.3 Å². The predicted octanol–water partition coefficient (Wildman–Crippen LogP) is 3.75. The van der Waals surface area contributed by atoms with E-state index in [0.29, 0.717) is 19.6 Å². The van der Waals surface area contributed by atoms with Crippen molar-refractivity contribution in [2.75, 3.05) is 45.9 Å². The van der Waals surface area contributed by atoms with Crippen LogP contribution in [-0.2, 0) is 17.8 Å².